The smallest absolute Gasteiger partial charge is 0.330 e. The molecule has 5 atom stereocenters. The van der Waals surface area contributed by atoms with Crippen LogP contribution in [0.3, 0.4) is 0 Å². The second-order valence-corrected chi connectivity index (χ2v) is 11.2. The molecule has 3 heterocycles. The molecular formula is C21H29N4O10PS. The van der Waals surface area contributed by atoms with E-state index in [0.717, 1.165) is 17.1 Å². The molecule has 0 aromatic carbocycles. The molecule has 1 fully saturated rings. The number of ether oxygens (including phenoxy) is 2. The number of aromatic amines is 1. The van der Waals surface area contributed by atoms with E-state index in [2.05, 4.69) is 10.3 Å². The Bertz CT molecular complexity index is 1180. The molecule has 16 heteroatoms. The van der Waals surface area contributed by atoms with Crippen LogP contribution >= 0.6 is 6.72 Å². The maximum Gasteiger partial charge on any atom is 0.330 e. The van der Waals surface area contributed by atoms with Crippen LogP contribution in [0.25, 0.3) is 0 Å². The Labute approximate surface area is 216 Å². The van der Waals surface area contributed by atoms with Crippen molar-refractivity contribution >= 4 is 36.2 Å². The molecule has 3 N–H and O–H groups in total. The Morgan fingerprint density at radius 3 is 2.57 bits per heavy atom. The third kappa shape index (κ3) is 7.51. The molecule has 2 unspecified atom stereocenters. The van der Waals surface area contributed by atoms with Crippen molar-refractivity contribution in [2.45, 2.75) is 37.7 Å². The topological polar surface area (TPSA) is 178 Å². The summed E-state index contributed by atoms with van der Waals surface area (Å²) in [6, 6.07) is 1.18. The minimum atomic E-state index is -3.63. The second-order valence-electron chi connectivity index (χ2n) is 8.33. The summed E-state index contributed by atoms with van der Waals surface area (Å²) in [6.07, 6.45) is 1.89. The number of aromatic nitrogens is 2. The van der Waals surface area contributed by atoms with Gasteiger partial charge in [-0.05, 0) is 24.6 Å². The number of methoxy groups -OCH3 is 1. The zero-order valence-electron chi connectivity index (χ0n) is 20.2. The highest BCUT2D eigenvalue weighted by atomic mass is 32.5. The van der Waals surface area contributed by atoms with Gasteiger partial charge < -0.3 is 28.7 Å². The van der Waals surface area contributed by atoms with Crippen LogP contribution in [0.15, 0.2) is 34.0 Å². The fraction of sp³-hybridized carbons (Fsp3) is 0.571. The lowest BCUT2D eigenvalue weighted by molar-refractivity contribution is -0.137. The van der Waals surface area contributed by atoms with Crippen LogP contribution in [0.2, 0.25) is 0 Å². The molecule has 1 saturated heterocycles. The molecule has 1 aromatic rings. The zero-order valence-corrected chi connectivity index (χ0v) is 21.9. The molecule has 2 aliphatic rings. The number of nitrogens with one attached hydrogen (secondary N) is 2. The van der Waals surface area contributed by atoms with Gasteiger partial charge >= 0.3 is 12.4 Å². The largest absolute Gasteiger partial charge is 0.382 e. The molecule has 1 aromatic heterocycles. The number of H-pyrrole nitrogens is 1. The second kappa shape index (κ2) is 12.8. The summed E-state index contributed by atoms with van der Waals surface area (Å²) < 4.78 is 23.2. The predicted molar refractivity (Wildman–Crippen MR) is 132 cm³/mol. The first kappa shape index (κ1) is 29.0. The van der Waals surface area contributed by atoms with Crippen LogP contribution in [0.1, 0.15) is 25.5 Å². The third-order valence-electron chi connectivity index (χ3n) is 5.91. The summed E-state index contributed by atoms with van der Waals surface area (Å²) in [5, 5.41) is 2.73. The third-order valence-corrected chi connectivity index (χ3v) is 7.59. The van der Waals surface area contributed by atoms with Crippen molar-refractivity contribution in [3.05, 3.63) is 45.3 Å². The van der Waals surface area contributed by atoms with Crippen LogP contribution < -0.4 is 16.6 Å². The van der Waals surface area contributed by atoms with Gasteiger partial charge in [-0.15, -0.1) is 0 Å². The average Bonchev–Trinajstić information content (AvgIpc) is 3.34. The normalized spacial score (nSPS) is 25.0. The molecular weight excluding hydrogens is 531 g/mol. The maximum atomic E-state index is 12.5. The highest BCUT2D eigenvalue weighted by Gasteiger charge is 2.48. The summed E-state index contributed by atoms with van der Waals surface area (Å²) in [4.78, 5) is 72.9. The Hall–Kier alpha value is -2.52. The summed E-state index contributed by atoms with van der Waals surface area (Å²) in [5.41, 5.74) is -1.26. The van der Waals surface area contributed by atoms with Crippen LogP contribution in [0, 0.1) is 5.92 Å². The van der Waals surface area contributed by atoms with Crippen LogP contribution in [0.5, 0.6) is 0 Å². The summed E-state index contributed by atoms with van der Waals surface area (Å²) in [6.45, 7) is -3.35. The average molecular weight is 561 g/mol. The zero-order chi connectivity index (χ0) is 27.2. The van der Waals surface area contributed by atoms with E-state index in [0.29, 0.717) is 12.8 Å². The molecule has 3 rings (SSSR count). The number of carbonyl (C=O) groups excluding carboxylic acids is 3. The molecule has 0 bridgehead atoms. The number of rotatable bonds is 13. The van der Waals surface area contributed by atoms with E-state index in [1.54, 1.807) is 0 Å². The van der Waals surface area contributed by atoms with Gasteiger partial charge in [-0.3, -0.25) is 33.6 Å². The van der Waals surface area contributed by atoms with E-state index in [9.17, 15) is 28.9 Å². The molecule has 204 valence electrons. The van der Waals surface area contributed by atoms with Gasteiger partial charge in [0.2, 0.25) is 5.91 Å². The lowest BCUT2D eigenvalue weighted by Gasteiger charge is -2.27. The van der Waals surface area contributed by atoms with Crippen LogP contribution in [-0.2, 0) is 44.7 Å². The lowest BCUT2D eigenvalue weighted by Crippen LogP contribution is -2.36. The number of imide groups is 1. The quantitative estimate of drug-likeness (QED) is 0.156. The highest BCUT2D eigenvalue weighted by Crippen LogP contribution is 2.50. The van der Waals surface area contributed by atoms with Crippen molar-refractivity contribution in [3.8, 4) is 0 Å². The van der Waals surface area contributed by atoms with Crippen LogP contribution in [-0.4, -0.2) is 83.2 Å². The first-order valence-corrected chi connectivity index (χ1v) is 14.0. The van der Waals surface area contributed by atoms with E-state index in [-0.39, 0.29) is 32.0 Å². The number of nitrogens with zero attached hydrogens (tertiary/aromatic N) is 2. The molecule has 14 nitrogen and oxygen atoms in total. The SMILES string of the molecule is COC[C@H]1O[C@@H](n2ccc(=O)[nH]c2=O)[C@@H](CCCNC(=O)CCN2C(=O)C=CC2=O)C1OP(O)(=S)OC. The van der Waals surface area contributed by atoms with Gasteiger partial charge in [0.15, 0.2) is 0 Å². The van der Waals surface area contributed by atoms with E-state index < -0.39 is 54.1 Å². The van der Waals surface area contributed by atoms with Gasteiger partial charge in [-0.2, -0.15) is 0 Å². The highest BCUT2D eigenvalue weighted by molar-refractivity contribution is 8.07. The van der Waals surface area contributed by atoms with Crippen molar-refractivity contribution in [1.29, 1.82) is 0 Å². The Morgan fingerprint density at radius 2 is 1.95 bits per heavy atom. The first-order chi connectivity index (χ1) is 17.6. The number of carbonyl (C=O) groups is 3. The Balaban J connectivity index is 1.67. The standard InChI is InChI=1S/C21H29N4O10PS/c1-32-12-14-19(35-36(31,37)33-2)13(20(34-14)25-11-8-16(27)23-21(25)30)4-3-9-22-15(26)7-10-24-17(28)5-6-18(24)29/h5-6,8,11,13-14,19-20H,3-4,7,9-10,12H2,1-2H3,(H,22,26)(H,31,37)(H,23,27,30)/t13-,14+,19?,20+,36?/m0/s1. The fourth-order valence-electron chi connectivity index (χ4n) is 4.16. The molecule has 0 aliphatic carbocycles. The van der Waals surface area contributed by atoms with Crippen molar-refractivity contribution in [2.75, 3.05) is 33.9 Å². The van der Waals surface area contributed by atoms with Crippen molar-refractivity contribution in [3.63, 3.8) is 0 Å². The fourth-order valence-corrected chi connectivity index (χ4v) is 5.15. The van der Waals surface area contributed by atoms with E-state index >= 15 is 0 Å². The van der Waals surface area contributed by atoms with Crippen LogP contribution in [0.4, 0.5) is 0 Å². The summed E-state index contributed by atoms with van der Waals surface area (Å²) in [7, 11) is 2.67. The van der Waals surface area contributed by atoms with Gasteiger partial charge in [-0.25, -0.2) is 4.79 Å². The Kier molecular flexibility index (Phi) is 10.1. The molecule has 37 heavy (non-hydrogen) atoms. The maximum absolute atomic E-state index is 12.5. The van der Waals surface area contributed by atoms with Gasteiger partial charge in [0.25, 0.3) is 17.4 Å². The van der Waals surface area contributed by atoms with E-state index in [1.807, 2.05) is 0 Å². The van der Waals surface area contributed by atoms with Gasteiger partial charge in [0.1, 0.15) is 18.4 Å². The predicted octanol–water partition coefficient (Wildman–Crippen LogP) is -0.843. The van der Waals surface area contributed by atoms with Crippen molar-refractivity contribution in [2.24, 2.45) is 5.92 Å². The van der Waals surface area contributed by atoms with Gasteiger partial charge in [0.05, 0.1) is 6.61 Å². The first-order valence-electron chi connectivity index (χ1n) is 11.4. The Morgan fingerprint density at radius 1 is 1.24 bits per heavy atom. The minimum Gasteiger partial charge on any atom is -0.382 e. The number of amides is 3. The molecule has 0 saturated carbocycles. The number of hydrogen-bond donors (Lipinski definition) is 3. The summed E-state index contributed by atoms with van der Waals surface area (Å²) >= 11 is 5.03. The number of hydrogen-bond acceptors (Lipinski definition) is 10. The molecule has 0 radical (unpaired) electrons. The minimum absolute atomic E-state index is 0.0308. The van der Waals surface area contributed by atoms with Crippen molar-refractivity contribution < 1.29 is 37.8 Å². The lowest BCUT2D eigenvalue weighted by atomic mass is 9.94. The van der Waals surface area contributed by atoms with E-state index in [4.69, 9.17) is 30.3 Å². The summed E-state index contributed by atoms with van der Waals surface area (Å²) in [5.74, 6) is -1.81. The van der Waals surface area contributed by atoms with E-state index in [1.165, 1.54) is 31.0 Å². The van der Waals surface area contributed by atoms with Gasteiger partial charge in [0, 0.05) is 64.1 Å². The molecule has 2 aliphatic heterocycles. The van der Waals surface area contributed by atoms with Crippen molar-refractivity contribution in [1.82, 2.24) is 19.8 Å². The van der Waals surface area contributed by atoms with Gasteiger partial charge in [-0.1, -0.05) is 0 Å². The molecule has 3 amide bonds. The monoisotopic (exact) mass is 560 g/mol. The molecule has 0 spiro atoms.